The van der Waals surface area contributed by atoms with E-state index in [1.54, 1.807) is 18.2 Å². The van der Waals surface area contributed by atoms with E-state index in [9.17, 15) is 18.0 Å². The van der Waals surface area contributed by atoms with Gasteiger partial charge >= 0.3 is 18.3 Å². The smallest absolute Gasteiger partial charge is 0.419 e. The van der Waals surface area contributed by atoms with E-state index in [1.807, 2.05) is 5.32 Å². The van der Waals surface area contributed by atoms with Gasteiger partial charge in [0.05, 0.1) is 6.20 Å². The maximum atomic E-state index is 12.2. The van der Waals surface area contributed by atoms with Crippen LogP contribution in [0.1, 0.15) is 5.76 Å². The molecule has 1 aromatic heterocycles. The standard InChI is InChI=1S/C11H7F3N2O3/c12-11(13,14)8-6-15-9(19-8)16-10(17)18-7-4-2-1-3-5-7/h1-6H,(H,15,16,17). The van der Waals surface area contributed by atoms with Crippen LogP contribution in [0.2, 0.25) is 0 Å². The number of hydrogen-bond acceptors (Lipinski definition) is 4. The first-order chi connectivity index (χ1) is 8.95. The van der Waals surface area contributed by atoms with Crippen molar-refractivity contribution in [3.63, 3.8) is 0 Å². The molecule has 2 aromatic rings. The molecule has 0 unspecified atom stereocenters. The largest absolute Gasteiger partial charge is 0.451 e. The number of ether oxygens (including phenoxy) is 1. The Hall–Kier alpha value is -2.51. The minimum Gasteiger partial charge on any atom is -0.419 e. The van der Waals surface area contributed by atoms with E-state index in [-0.39, 0.29) is 5.75 Å². The quantitative estimate of drug-likeness (QED) is 0.910. The number of oxazole rings is 1. The maximum absolute atomic E-state index is 12.2. The van der Waals surface area contributed by atoms with Crippen LogP contribution in [-0.2, 0) is 6.18 Å². The summed E-state index contributed by atoms with van der Waals surface area (Å²) in [6.45, 7) is 0. The molecule has 0 bridgehead atoms. The molecule has 0 saturated carbocycles. The third-order valence-corrected chi connectivity index (χ3v) is 1.95. The highest BCUT2D eigenvalue weighted by molar-refractivity contribution is 5.83. The minimum atomic E-state index is -4.66. The van der Waals surface area contributed by atoms with E-state index in [2.05, 4.69) is 9.40 Å². The molecule has 0 aliphatic carbocycles. The molecule has 19 heavy (non-hydrogen) atoms. The van der Waals surface area contributed by atoms with Crippen LogP contribution in [0.25, 0.3) is 0 Å². The van der Waals surface area contributed by atoms with Crippen LogP contribution < -0.4 is 10.1 Å². The number of halogens is 3. The molecule has 100 valence electrons. The van der Waals surface area contributed by atoms with Crippen LogP contribution in [0.3, 0.4) is 0 Å². The summed E-state index contributed by atoms with van der Waals surface area (Å²) in [5.41, 5.74) is 0. The summed E-state index contributed by atoms with van der Waals surface area (Å²) in [5.74, 6) is -1.06. The van der Waals surface area contributed by atoms with Gasteiger partial charge in [0.2, 0.25) is 5.76 Å². The van der Waals surface area contributed by atoms with Crippen LogP contribution in [0, 0.1) is 0 Å². The number of anilines is 1. The average Bonchev–Trinajstić information content (AvgIpc) is 2.78. The van der Waals surface area contributed by atoms with Gasteiger partial charge in [0.15, 0.2) is 0 Å². The molecule has 0 saturated heterocycles. The van der Waals surface area contributed by atoms with Gasteiger partial charge < -0.3 is 9.15 Å². The topological polar surface area (TPSA) is 64.4 Å². The summed E-state index contributed by atoms with van der Waals surface area (Å²) in [6.07, 6.45) is -5.18. The Morgan fingerprint density at radius 2 is 1.95 bits per heavy atom. The number of para-hydroxylation sites is 1. The van der Waals surface area contributed by atoms with Crippen molar-refractivity contribution in [2.75, 3.05) is 5.32 Å². The van der Waals surface area contributed by atoms with Crippen molar-refractivity contribution in [2.45, 2.75) is 6.18 Å². The first kappa shape index (κ1) is 12.9. The lowest BCUT2D eigenvalue weighted by atomic mass is 10.3. The van der Waals surface area contributed by atoms with Gasteiger partial charge in [-0.1, -0.05) is 18.2 Å². The number of carbonyl (C=O) groups is 1. The van der Waals surface area contributed by atoms with Gasteiger partial charge in [-0.3, -0.25) is 0 Å². The normalized spacial score (nSPS) is 11.1. The molecule has 1 heterocycles. The number of benzene rings is 1. The molecule has 8 heteroatoms. The van der Waals surface area contributed by atoms with Crippen LogP contribution in [0.15, 0.2) is 40.9 Å². The lowest BCUT2D eigenvalue weighted by Crippen LogP contribution is -2.16. The summed E-state index contributed by atoms with van der Waals surface area (Å²) in [4.78, 5) is 14.6. The monoisotopic (exact) mass is 272 g/mol. The van der Waals surface area contributed by atoms with Crippen LogP contribution >= 0.6 is 0 Å². The molecule has 0 spiro atoms. The number of nitrogens with zero attached hydrogens (tertiary/aromatic N) is 1. The highest BCUT2D eigenvalue weighted by Crippen LogP contribution is 2.30. The molecular formula is C11H7F3N2O3. The second-order valence-electron chi connectivity index (χ2n) is 3.35. The van der Waals surface area contributed by atoms with E-state index < -0.39 is 24.0 Å². The lowest BCUT2D eigenvalue weighted by Gasteiger charge is -2.03. The number of hydrogen-bond donors (Lipinski definition) is 1. The fourth-order valence-electron chi connectivity index (χ4n) is 1.17. The van der Waals surface area contributed by atoms with Crippen LogP contribution in [-0.4, -0.2) is 11.1 Å². The molecule has 2 rings (SSSR count). The number of rotatable bonds is 2. The van der Waals surface area contributed by atoms with Crippen molar-refractivity contribution < 1.29 is 27.1 Å². The van der Waals surface area contributed by atoms with Crippen molar-refractivity contribution >= 4 is 12.1 Å². The van der Waals surface area contributed by atoms with E-state index in [1.165, 1.54) is 12.1 Å². The minimum absolute atomic E-state index is 0.239. The predicted molar refractivity (Wildman–Crippen MR) is 57.6 cm³/mol. The first-order valence-electron chi connectivity index (χ1n) is 5.02. The van der Waals surface area contributed by atoms with Crippen LogP contribution in [0.5, 0.6) is 5.75 Å². The highest BCUT2D eigenvalue weighted by atomic mass is 19.4. The second kappa shape index (κ2) is 5.01. The molecule has 1 aromatic carbocycles. The van der Waals surface area contributed by atoms with Gasteiger partial charge in [0, 0.05) is 0 Å². The summed E-state index contributed by atoms with van der Waals surface area (Å²) >= 11 is 0. The van der Waals surface area contributed by atoms with E-state index in [4.69, 9.17) is 4.74 Å². The molecule has 0 radical (unpaired) electrons. The molecule has 0 aliphatic heterocycles. The average molecular weight is 272 g/mol. The van der Waals surface area contributed by atoms with E-state index in [0.717, 1.165) is 0 Å². The van der Waals surface area contributed by atoms with E-state index >= 15 is 0 Å². The fourth-order valence-corrected chi connectivity index (χ4v) is 1.17. The summed E-state index contributed by atoms with van der Waals surface area (Å²) in [7, 11) is 0. The van der Waals surface area contributed by atoms with Gasteiger partial charge in [-0.2, -0.15) is 13.2 Å². The number of alkyl halides is 3. The number of carbonyl (C=O) groups excluding carboxylic acids is 1. The number of aromatic nitrogens is 1. The molecule has 0 atom stereocenters. The van der Waals surface area contributed by atoms with Crippen molar-refractivity contribution in [2.24, 2.45) is 0 Å². The molecular weight excluding hydrogens is 265 g/mol. The number of nitrogens with one attached hydrogen (secondary N) is 1. The Morgan fingerprint density at radius 3 is 2.53 bits per heavy atom. The van der Waals surface area contributed by atoms with Crippen molar-refractivity contribution in [1.82, 2.24) is 4.98 Å². The molecule has 0 aliphatic rings. The maximum Gasteiger partial charge on any atom is 0.451 e. The van der Waals surface area contributed by atoms with E-state index in [0.29, 0.717) is 6.20 Å². The predicted octanol–water partition coefficient (Wildman–Crippen LogP) is 3.30. The summed E-state index contributed by atoms with van der Waals surface area (Å²) < 4.78 is 45.7. The Bertz CT molecular complexity index is 566. The third kappa shape index (κ3) is 3.47. The molecule has 1 amide bonds. The van der Waals surface area contributed by atoms with Crippen LogP contribution in [0.4, 0.5) is 24.0 Å². The highest BCUT2D eigenvalue weighted by Gasteiger charge is 2.35. The van der Waals surface area contributed by atoms with Gasteiger partial charge in [-0.25, -0.2) is 15.1 Å². The zero-order valence-corrected chi connectivity index (χ0v) is 9.27. The SMILES string of the molecule is O=C(Nc1ncc(C(F)(F)F)o1)Oc1ccccc1. The summed E-state index contributed by atoms with van der Waals surface area (Å²) in [6, 6.07) is 7.42. The Balaban J connectivity index is 1.98. The lowest BCUT2D eigenvalue weighted by molar-refractivity contribution is -0.152. The second-order valence-corrected chi connectivity index (χ2v) is 3.35. The number of amides is 1. The van der Waals surface area contributed by atoms with Gasteiger partial charge in [-0.05, 0) is 12.1 Å². The zero-order valence-electron chi connectivity index (χ0n) is 9.27. The van der Waals surface area contributed by atoms with Crippen molar-refractivity contribution in [3.05, 3.63) is 42.3 Å². The summed E-state index contributed by atoms with van der Waals surface area (Å²) in [5, 5.41) is 1.94. The van der Waals surface area contributed by atoms with Crippen molar-refractivity contribution in [3.8, 4) is 5.75 Å². The fraction of sp³-hybridized carbons (Fsp3) is 0.0909. The van der Waals surface area contributed by atoms with Gasteiger partial charge in [0.1, 0.15) is 5.75 Å². The van der Waals surface area contributed by atoms with Gasteiger partial charge in [-0.15, -0.1) is 0 Å². The van der Waals surface area contributed by atoms with Gasteiger partial charge in [0.25, 0.3) is 0 Å². The Morgan fingerprint density at radius 1 is 1.26 bits per heavy atom. The molecule has 5 nitrogen and oxygen atoms in total. The third-order valence-electron chi connectivity index (χ3n) is 1.95. The Kier molecular flexibility index (Phi) is 3.41. The molecule has 0 fully saturated rings. The first-order valence-corrected chi connectivity index (χ1v) is 5.02. The Labute approximate surface area is 105 Å². The zero-order chi connectivity index (χ0) is 13.9. The van der Waals surface area contributed by atoms with Crippen molar-refractivity contribution in [1.29, 1.82) is 0 Å². The molecule has 1 N–H and O–H groups in total.